The molecule has 2 heterocycles. The molecule has 0 radical (unpaired) electrons. The molecule has 2 aliphatic rings. The van der Waals surface area contributed by atoms with Gasteiger partial charge in [-0.2, -0.15) is 0 Å². The molecule has 202 valence electrons. The van der Waals surface area contributed by atoms with Gasteiger partial charge >= 0.3 is 0 Å². The predicted octanol–water partition coefficient (Wildman–Crippen LogP) is 2.70. The Kier molecular flexibility index (Phi) is 10.4. The highest BCUT2D eigenvalue weighted by atomic mass is 16.8. The van der Waals surface area contributed by atoms with Crippen molar-refractivity contribution in [2.75, 3.05) is 26.4 Å². The molecule has 0 bridgehead atoms. The summed E-state index contributed by atoms with van der Waals surface area (Å²) in [6.45, 7) is 11.6. The first-order valence-corrected chi connectivity index (χ1v) is 12.8. The van der Waals surface area contributed by atoms with Gasteiger partial charge in [0.15, 0.2) is 6.29 Å². The molecule has 2 N–H and O–H groups in total. The number of hydrogen-bond acceptors (Lipinski definition) is 8. The molecule has 1 aromatic rings. The number of aliphatic hydroxyl groups is 1. The minimum atomic E-state index is -1.28. The van der Waals surface area contributed by atoms with E-state index in [-0.39, 0.29) is 18.9 Å². The smallest absolute Gasteiger partial charge is 0.220 e. The maximum Gasteiger partial charge on any atom is 0.220 e. The first kappa shape index (κ1) is 28.7. The quantitative estimate of drug-likeness (QED) is 0.393. The number of aliphatic hydroxyl groups excluding tert-OH is 1. The summed E-state index contributed by atoms with van der Waals surface area (Å²) in [7, 11) is 0. The van der Waals surface area contributed by atoms with E-state index in [0.29, 0.717) is 32.7 Å². The van der Waals surface area contributed by atoms with Crippen molar-refractivity contribution in [1.29, 1.82) is 0 Å². The van der Waals surface area contributed by atoms with Crippen LogP contribution in [0.15, 0.2) is 43.0 Å². The Labute approximate surface area is 214 Å². The number of ether oxygens (including phenoxy) is 6. The standard InChI is InChI=1S/C27H41NO8/c1-6-9-15-21(30)28-22-24-23(35-26(4,32-7-2)27(5,36-24)33-8-3)20(18-29)34-25(22)31-17-16-19-13-11-10-12-14-19/h6,10-14,20,22-25,29H,1,7-9,15-18H2,2-5H3,(H,28,30)/t20-,22-,23-,24-,25+,26+,27+/m1/s1. The molecule has 2 saturated heterocycles. The highest BCUT2D eigenvalue weighted by Crippen LogP contribution is 2.44. The summed E-state index contributed by atoms with van der Waals surface area (Å²) in [6, 6.07) is 9.23. The second-order valence-corrected chi connectivity index (χ2v) is 9.17. The molecule has 7 atom stereocenters. The van der Waals surface area contributed by atoms with E-state index < -0.39 is 42.2 Å². The van der Waals surface area contributed by atoms with Gasteiger partial charge in [0.2, 0.25) is 17.5 Å². The van der Waals surface area contributed by atoms with E-state index in [1.54, 1.807) is 19.9 Å². The van der Waals surface area contributed by atoms with Gasteiger partial charge in [-0.05, 0) is 46.1 Å². The number of amides is 1. The average Bonchev–Trinajstić information content (AvgIpc) is 2.86. The Hall–Kier alpha value is -1.85. The third kappa shape index (κ3) is 6.52. The van der Waals surface area contributed by atoms with Crippen LogP contribution in [0.25, 0.3) is 0 Å². The number of carbonyl (C=O) groups is 1. The zero-order chi connectivity index (χ0) is 26.2. The van der Waals surface area contributed by atoms with Crippen LogP contribution in [0, 0.1) is 0 Å². The lowest BCUT2D eigenvalue weighted by Crippen LogP contribution is -2.75. The monoisotopic (exact) mass is 507 g/mol. The topological polar surface area (TPSA) is 105 Å². The van der Waals surface area contributed by atoms with Gasteiger partial charge in [0.05, 0.1) is 13.2 Å². The third-order valence-electron chi connectivity index (χ3n) is 6.63. The molecular formula is C27H41NO8. The van der Waals surface area contributed by atoms with Crippen LogP contribution in [-0.4, -0.2) is 79.7 Å². The molecule has 2 aliphatic heterocycles. The lowest BCUT2D eigenvalue weighted by molar-refractivity contribution is -0.478. The molecule has 2 fully saturated rings. The summed E-state index contributed by atoms with van der Waals surface area (Å²) in [5.41, 5.74) is 1.12. The fourth-order valence-electron chi connectivity index (χ4n) is 4.67. The first-order chi connectivity index (χ1) is 17.3. The van der Waals surface area contributed by atoms with Gasteiger partial charge in [-0.1, -0.05) is 36.4 Å². The number of fused-ring (bicyclic) bond motifs is 1. The largest absolute Gasteiger partial charge is 0.394 e. The minimum absolute atomic E-state index is 0.193. The van der Waals surface area contributed by atoms with Crippen molar-refractivity contribution >= 4 is 5.91 Å². The van der Waals surface area contributed by atoms with E-state index >= 15 is 0 Å². The van der Waals surface area contributed by atoms with E-state index in [2.05, 4.69) is 11.9 Å². The van der Waals surface area contributed by atoms with E-state index in [1.165, 1.54) is 0 Å². The molecule has 0 saturated carbocycles. The van der Waals surface area contributed by atoms with Gasteiger partial charge in [0, 0.05) is 19.6 Å². The normalized spacial score (nSPS) is 34.1. The molecule has 3 rings (SSSR count). The number of carbonyl (C=O) groups excluding carboxylic acids is 1. The predicted molar refractivity (Wildman–Crippen MR) is 133 cm³/mol. The lowest BCUT2D eigenvalue weighted by Gasteiger charge is -2.57. The number of rotatable bonds is 13. The van der Waals surface area contributed by atoms with Crippen molar-refractivity contribution in [3.8, 4) is 0 Å². The van der Waals surface area contributed by atoms with Crippen LogP contribution in [0.5, 0.6) is 0 Å². The zero-order valence-electron chi connectivity index (χ0n) is 21.8. The summed E-state index contributed by atoms with van der Waals surface area (Å²) in [6.07, 6.45) is 0.0472. The number of nitrogens with one attached hydrogen (secondary N) is 1. The van der Waals surface area contributed by atoms with Crippen LogP contribution >= 0.6 is 0 Å². The molecular weight excluding hydrogens is 466 g/mol. The second-order valence-electron chi connectivity index (χ2n) is 9.17. The summed E-state index contributed by atoms with van der Waals surface area (Å²) < 4.78 is 37.2. The van der Waals surface area contributed by atoms with Gasteiger partial charge in [0.1, 0.15) is 24.4 Å². The van der Waals surface area contributed by atoms with E-state index in [1.807, 2.05) is 44.2 Å². The van der Waals surface area contributed by atoms with Crippen LogP contribution in [-0.2, 0) is 39.6 Å². The molecule has 0 spiro atoms. The van der Waals surface area contributed by atoms with E-state index in [0.717, 1.165) is 5.56 Å². The fourth-order valence-corrected chi connectivity index (χ4v) is 4.67. The molecule has 36 heavy (non-hydrogen) atoms. The Balaban J connectivity index is 1.87. The van der Waals surface area contributed by atoms with Crippen LogP contribution < -0.4 is 5.32 Å². The van der Waals surface area contributed by atoms with Crippen LogP contribution in [0.2, 0.25) is 0 Å². The number of hydrogen-bond donors (Lipinski definition) is 2. The Morgan fingerprint density at radius 1 is 1.11 bits per heavy atom. The Bertz CT molecular complexity index is 838. The van der Waals surface area contributed by atoms with Gasteiger partial charge in [-0.25, -0.2) is 0 Å². The van der Waals surface area contributed by atoms with Crippen molar-refractivity contribution in [2.24, 2.45) is 0 Å². The van der Waals surface area contributed by atoms with Gasteiger partial charge in [0.25, 0.3) is 0 Å². The molecule has 1 aromatic carbocycles. The van der Waals surface area contributed by atoms with Crippen molar-refractivity contribution in [2.45, 2.75) is 89.2 Å². The van der Waals surface area contributed by atoms with Crippen molar-refractivity contribution in [3.63, 3.8) is 0 Å². The SMILES string of the molecule is C=CCCC(=O)N[C@H]1[C@@H](OCCc2ccccc2)O[C@H](CO)[C@H]2O[C@](C)(OCC)[C@@](C)(OCC)O[C@H]12. The molecule has 9 nitrogen and oxygen atoms in total. The first-order valence-electron chi connectivity index (χ1n) is 12.8. The summed E-state index contributed by atoms with van der Waals surface area (Å²) in [4.78, 5) is 12.8. The van der Waals surface area contributed by atoms with E-state index in [4.69, 9.17) is 28.4 Å². The Morgan fingerprint density at radius 2 is 1.75 bits per heavy atom. The van der Waals surface area contributed by atoms with E-state index in [9.17, 15) is 9.90 Å². The summed E-state index contributed by atoms with van der Waals surface area (Å²) >= 11 is 0. The molecule has 0 aliphatic carbocycles. The average molecular weight is 508 g/mol. The van der Waals surface area contributed by atoms with Crippen LogP contribution in [0.1, 0.15) is 46.1 Å². The third-order valence-corrected chi connectivity index (χ3v) is 6.63. The summed E-state index contributed by atoms with van der Waals surface area (Å²) in [5, 5.41) is 13.2. The molecule has 0 aromatic heterocycles. The minimum Gasteiger partial charge on any atom is -0.394 e. The second kappa shape index (κ2) is 13.1. The van der Waals surface area contributed by atoms with Crippen LogP contribution in [0.3, 0.4) is 0 Å². The molecule has 0 unspecified atom stereocenters. The summed E-state index contributed by atoms with van der Waals surface area (Å²) in [5.74, 6) is -2.75. The Morgan fingerprint density at radius 3 is 2.33 bits per heavy atom. The maximum atomic E-state index is 12.8. The van der Waals surface area contributed by atoms with Gasteiger partial charge in [-0.15, -0.1) is 6.58 Å². The fraction of sp³-hybridized carbons (Fsp3) is 0.667. The zero-order valence-corrected chi connectivity index (χ0v) is 21.8. The highest BCUT2D eigenvalue weighted by molar-refractivity contribution is 5.76. The molecule has 9 heteroatoms. The van der Waals surface area contributed by atoms with Crippen LogP contribution in [0.4, 0.5) is 0 Å². The molecule has 1 amide bonds. The van der Waals surface area contributed by atoms with Gasteiger partial charge in [-0.3, -0.25) is 4.79 Å². The van der Waals surface area contributed by atoms with Crippen molar-refractivity contribution in [3.05, 3.63) is 48.6 Å². The van der Waals surface area contributed by atoms with Crippen molar-refractivity contribution < 1.29 is 38.3 Å². The number of allylic oxidation sites excluding steroid dienone is 1. The van der Waals surface area contributed by atoms with Gasteiger partial charge < -0.3 is 38.8 Å². The lowest BCUT2D eigenvalue weighted by atomic mass is 9.92. The number of benzene rings is 1. The van der Waals surface area contributed by atoms with Crippen molar-refractivity contribution in [1.82, 2.24) is 5.32 Å². The maximum absolute atomic E-state index is 12.8. The highest BCUT2D eigenvalue weighted by Gasteiger charge is 2.63.